The predicted molar refractivity (Wildman–Crippen MR) is 146 cm³/mol. The molecule has 6 heteroatoms. The summed E-state index contributed by atoms with van der Waals surface area (Å²) >= 11 is 0. The van der Waals surface area contributed by atoms with Gasteiger partial charge in [0.25, 0.3) is 0 Å². The van der Waals surface area contributed by atoms with Gasteiger partial charge in [0.1, 0.15) is 25.3 Å². The number of benzene rings is 4. The lowest BCUT2D eigenvalue weighted by atomic mass is 9.67. The molecule has 4 aromatic carbocycles. The fraction of sp³-hybridized carbons (Fsp3) is 0.0625. The van der Waals surface area contributed by atoms with Gasteiger partial charge in [-0.05, 0) is 52.4 Å². The molecule has 2 aromatic heterocycles. The third-order valence-electron chi connectivity index (χ3n) is 7.33. The number of rotatable bonds is 4. The molecule has 0 N–H and O–H groups in total. The Morgan fingerprint density at radius 2 is 0.974 bits per heavy atom. The van der Waals surface area contributed by atoms with E-state index >= 15 is 0 Å². The van der Waals surface area contributed by atoms with Gasteiger partial charge >= 0.3 is 0 Å². The predicted octanol–water partition coefficient (Wildman–Crippen LogP) is 6.06. The van der Waals surface area contributed by atoms with E-state index < -0.39 is 5.41 Å². The van der Waals surface area contributed by atoms with E-state index in [0.29, 0.717) is 11.6 Å². The Balaban J connectivity index is 1.59. The van der Waals surface area contributed by atoms with Crippen LogP contribution in [0.15, 0.2) is 116 Å². The highest BCUT2D eigenvalue weighted by Gasteiger charge is 2.46. The maximum absolute atomic E-state index is 4.44. The summed E-state index contributed by atoms with van der Waals surface area (Å²) in [6.07, 6.45) is 6.15. The lowest BCUT2D eigenvalue weighted by Gasteiger charge is -2.34. The van der Waals surface area contributed by atoms with Crippen LogP contribution in [0.25, 0.3) is 33.9 Å². The van der Waals surface area contributed by atoms with Crippen LogP contribution in [0, 0.1) is 6.92 Å². The molecule has 38 heavy (non-hydrogen) atoms. The van der Waals surface area contributed by atoms with E-state index in [0.717, 1.165) is 11.1 Å². The molecule has 2 heterocycles. The molecule has 6 aromatic rings. The Hall–Kier alpha value is -5.10. The molecule has 0 bridgehead atoms. The van der Waals surface area contributed by atoms with Crippen molar-refractivity contribution in [1.82, 2.24) is 29.9 Å². The van der Waals surface area contributed by atoms with Crippen LogP contribution in [0.5, 0.6) is 0 Å². The number of aryl methyl sites for hydroxylation is 1. The van der Waals surface area contributed by atoms with Crippen molar-refractivity contribution in [2.75, 3.05) is 0 Å². The summed E-state index contributed by atoms with van der Waals surface area (Å²) in [5.74, 6) is 1.30. The quantitative estimate of drug-likeness (QED) is 0.298. The molecule has 180 valence electrons. The number of fused-ring (bicyclic) bond motifs is 3. The van der Waals surface area contributed by atoms with Crippen molar-refractivity contribution >= 4 is 0 Å². The molecule has 1 aliphatic rings. The second kappa shape index (κ2) is 8.78. The van der Waals surface area contributed by atoms with Crippen molar-refractivity contribution in [2.45, 2.75) is 12.3 Å². The molecule has 0 atom stereocenters. The normalized spacial score (nSPS) is 13.1. The second-order valence-electron chi connectivity index (χ2n) is 9.43. The highest BCUT2D eigenvalue weighted by atomic mass is 15.0. The van der Waals surface area contributed by atoms with Gasteiger partial charge in [-0.2, -0.15) is 0 Å². The zero-order valence-electron chi connectivity index (χ0n) is 20.7. The maximum atomic E-state index is 4.44. The van der Waals surface area contributed by atoms with Gasteiger partial charge in [-0.1, -0.05) is 84.4 Å². The molecule has 0 unspecified atom stereocenters. The molecule has 1 aliphatic carbocycles. The molecule has 0 saturated carbocycles. The molecule has 7 rings (SSSR count). The van der Waals surface area contributed by atoms with Gasteiger partial charge in [0, 0.05) is 11.1 Å². The fourth-order valence-electron chi connectivity index (χ4n) is 5.66. The van der Waals surface area contributed by atoms with Crippen LogP contribution in [0.1, 0.15) is 27.8 Å². The van der Waals surface area contributed by atoms with Gasteiger partial charge in [-0.3, -0.25) is 0 Å². The van der Waals surface area contributed by atoms with Crippen molar-refractivity contribution in [3.05, 3.63) is 144 Å². The third-order valence-corrected chi connectivity index (χ3v) is 7.33. The molecule has 6 nitrogen and oxygen atoms in total. The highest BCUT2D eigenvalue weighted by molar-refractivity contribution is 5.89. The standard InChI is InChI=1S/C32H22N6/c1-21-7-11-25(12-8-21)32(24-5-3-2-4-6-24)28-15-22(30-35-17-33-18-36-30)9-13-26(28)27-14-10-23(16-29(27)32)31-37-19-34-20-38-31/h2-20H,1H3. The lowest BCUT2D eigenvalue weighted by molar-refractivity contribution is 0.768. The van der Waals surface area contributed by atoms with Crippen LogP contribution in [0.4, 0.5) is 0 Å². The molecule has 0 amide bonds. The zero-order valence-corrected chi connectivity index (χ0v) is 20.7. The van der Waals surface area contributed by atoms with Gasteiger partial charge in [0.15, 0.2) is 11.6 Å². The first-order chi connectivity index (χ1) is 18.7. The fourth-order valence-corrected chi connectivity index (χ4v) is 5.66. The first kappa shape index (κ1) is 22.1. The van der Waals surface area contributed by atoms with Crippen molar-refractivity contribution in [2.24, 2.45) is 0 Å². The molecule has 0 aliphatic heterocycles. The van der Waals surface area contributed by atoms with Gasteiger partial charge in [0.2, 0.25) is 0 Å². The Kier molecular flexibility index (Phi) is 5.11. The first-order valence-electron chi connectivity index (χ1n) is 12.4. The average molecular weight is 491 g/mol. The Morgan fingerprint density at radius 1 is 0.500 bits per heavy atom. The molecule has 0 radical (unpaired) electrons. The highest BCUT2D eigenvalue weighted by Crippen LogP contribution is 2.57. The van der Waals surface area contributed by atoms with Gasteiger partial charge < -0.3 is 0 Å². The third kappa shape index (κ3) is 3.34. The largest absolute Gasteiger partial charge is 0.225 e. The Morgan fingerprint density at radius 3 is 1.47 bits per heavy atom. The van der Waals surface area contributed by atoms with Crippen LogP contribution < -0.4 is 0 Å². The van der Waals surface area contributed by atoms with E-state index in [1.165, 1.54) is 64.3 Å². The molecule has 0 saturated heterocycles. The van der Waals surface area contributed by atoms with Crippen LogP contribution in [0.2, 0.25) is 0 Å². The van der Waals surface area contributed by atoms with E-state index in [2.05, 4.69) is 128 Å². The second-order valence-corrected chi connectivity index (χ2v) is 9.43. The molecular weight excluding hydrogens is 468 g/mol. The summed E-state index contributed by atoms with van der Waals surface area (Å²) in [5, 5.41) is 0. The Labute approximate surface area is 220 Å². The minimum Gasteiger partial charge on any atom is -0.225 e. The molecule has 0 fully saturated rings. The smallest absolute Gasteiger partial charge is 0.162 e. The zero-order chi connectivity index (χ0) is 25.5. The number of nitrogens with zero attached hydrogens (tertiary/aromatic N) is 6. The monoisotopic (exact) mass is 490 g/mol. The number of aromatic nitrogens is 6. The van der Waals surface area contributed by atoms with Gasteiger partial charge in [-0.15, -0.1) is 0 Å². The van der Waals surface area contributed by atoms with Crippen LogP contribution in [-0.2, 0) is 5.41 Å². The number of hydrogen-bond donors (Lipinski definition) is 0. The minimum atomic E-state index is -0.564. The SMILES string of the molecule is Cc1ccc(C2(c3ccccc3)c3cc(-c4ncncn4)ccc3-c3ccc(-c4ncncn4)cc32)cc1. The van der Waals surface area contributed by atoms with Crippen LogP contribution >= 0.6 is 0 Å². The summed E-state index contributed by atoms with van der Waals surface area (Å²) in [6.45, 7) is 2.12. The summed E-state index contributed by atoms with van der Waals surface area (Å²) in [6, 6.07) is 32.6. The lowest BCUT2D eigenvalue weighted by Crippen LogP contribution is -2.28. The number of hydrogen-bond acceptors (Lipinski definition) is 6. The van der Waals surface area contributed by atoms with Gasteiger partial charge in [0.05, 0.1) is 5.41 Å². The first-order valence-corrected chi connectivity index (χ1v) is 12.4. The van der Waals surface area contributed by atoms with Crippen molar-refractivity contribution in [3.8, 4) is 33.9 Å². The van der Waals surface area contributed by atoms with E-state index in [1.54, 1.807) is 0 Å². The molecule has 0 spiro atoms. The topological polar surface area (TPSA) is 77.3 Å². The van der Waals surface area contributed by atoms with E-state index in [9.17, 15) is 0 Å². The molecular formula is C32H22N6. The van der Waals surface area contributed by atoms with E-state index in [1.807, 2.05) is 0 Å². The summed E-state index contributed by atoms with van der Waals surface area (Å²) in [4.78, 5) is 25.8. The maximum Gasteiger partial charge on any atom is 0.162 e. The summed E-state index contributed by atoms with van der Waals surface area (Å²) in [5.41, 5.74) is 9.67. The summed E-state index contributed by atoms with van der Waals surface area (Å²) < 4.78 is 0. The van der Waals surface area contributed by atoms with E-state index in [-0.39, 0.29) is 0 Å². The van der Waals surface area contributed by atoms with Crippen molar-refractivity contribution in [1.29, 1.82) is 0 Å². The average Bonchev–Trinajstić information content (AvgIpc) is 3.29. The van der Waals surface area contributed by atoms with Crippen LogP contribution in [-0.4, -0.2) is 29.9 Å². The minimum absolute atomic E-state index is 0.564. The van der Waals surface area contributed by atoms with Crippen LogP contribution in [0.3, 0.4) is 0 Å². The van der Waals surface area contributed by atoms with E-state index in [4.69, 9.17) is 0 Å². The van der Waals surface area contributed by atoms with Gasteiger partial charge in [-0.25, -0.2) is 29.9 Å². The van der Waals surface area contributed by atoms with Crippen molar-refractivity contribution < 1.29 is 0 Å². The Bertz CT molecular complexity index is 1660. The van der Waals surface area contributed by atoms with Crippen molar-refractivity contribution in [3.63, 3.8) is 0 Å². The summed E-state index contributed by atoms with van der Waals surface area (Å²) in [7, 11) is 0.